The van der Waals surface area contributed by atoms with E-state index < -0.39 is 34.6 Å². The van der Waals surface area contributed by atoms with E-state index in [1.807, 2.05) is 0 Å². The summed E-state index contributed by atoms with van der Waals surface area (Å²) in [5.74, 6) is -3.54. The first-order chi connectivity index (χ1) is 8.91. The average molecular weight is 292 g/mol. The van der Waals surface area contributed by atoms with Gasteiger partial charge in [0, 0.05) is 0 Å². The number of nitrogens with zero attached hydrogens (tertiary/aromatic N) is 3. The third-order valence-corrected chi connectivity index (χ3v) is 2.53. The van der Waals surface area contributed by atoms with E-state index in [1.165, 1.54) is 0 Å². The van der Waals surface area contributed by atoms with Crippen LogP contribution in [0.1, 0.15) is 22.6 Å². The maximum atomic E-state index is 13.6. The van der Waals surface area contributed by atoms with E-state index >= 15 is 0 Å². The largest absolute Gasteiger partial charge is 0.478 e. The van der Waals surface area contributed by atoms with E-state index in [1.54, 1.807) is 0 Å². The van der Waals surface area contributed by atoms with Gasteiger partial charge in [-0.1, -0.05) is 11.6 Å². The zero-order valence-corrected chi connectivity index (χ0v) is 9.77. The van der Waals surface area contributed by atoms with E-state index in [0.29, 0.717) is 0 Å². The monoisotopic (exact) mass is 291 g/mol. The molecular formula is C10H5ClF3N3O2. The van der Waals surface area contributed by atoms with Crippen molar-refractivity contribution in [3.63, 3.8) is 0 Å². The second-order valence-electron chi connectivity index (χ2n) is 3.41. The highest BCUT2D eigenvalue weighted by molar-refractivity contribution is 6.31. The summed E-state index contributed by atoms with van der Waals surface area (Å²) in [6.07, 6.45) is -2.04. The minimum Gasteiger partial charge on any atom is -0.478 e. The predicted molar refractivity (Wildman–Crippen MR) is 58.2 cm³/mol. The van der Waals surface area contributed by atoms with Crippen LogP contribution in [0.3, 0.4) is 0 Å². The Bertz CT molecular complexity index is 645. The number of alkyl halides is 2. The molecule has 1 aromatic heterocycles. The second-order valence-corrected chi connectivity index (χ2v) is 3.82. The first-order valence-corrected chi connectivity index (χ1v) is 5.21. The van der Waals surface area contributed by atoms with Crippen LogP contribution in [-0.4, -0.2) is 25.8 Å². The Morgan fingerprint density at radius 2 is 2.11 bits per heavy atom. The molecule has 0 unspecified atom stereocenters. The number of benzene rings is 1. The van der Waals surface area contributed by atoms with Gasteiger partial charge in [0.25, 0.3) is 6.43 Å². The fourth-order valence-electron chi connectivity index (χ4n) is 1.43. The van der Waals surface area contributed by atoms with Crippen molar-refractivity contribution < 1.29 is 23.1 Å². The molecule has 0 saturated carbocycles. The van der Waals surface area contributed by atoms with Gasteiger partial charge in [-0.3, -0.25) is 0 Å². The number of hydrogen-bond acceptors (Lipinski definition) is 3. The highest BCUT2D eigenvalue weighted by Gasteiger charge is 2.22. The first-order valence-electron chi connectivity index (χ1n) is 4.83. The van der Waals surface area contributed by atoms with E-state index in [2.05, 4.69) is 10.1 Å². The maximum Gasteiger partial charge on any atom is 0.340 e. The summed E-state index contributed by atoms with van der Waals surface area (Å²) in [5.41, 5.74) is -1.01. The Labute approximate surface area is 109 Å². The van der Waals surface area contributed by atoms with Crippen LogP contribution < -0.4 is 0 Å². The molecule has 5 nitrogen and oxygen atoms in total. The van der Waals surface area contributed by atoms with Gasteiger partial charge in [0.1, 0.15) is 11.9 Å². The van der Waals surface area contributed by atoms with Crippen molar-refractivity contribution >= 4 is 17.6 Å². The highest BCUT2D eigenvalue weighted by atomic mass is 35.5. The topological polar surface area (TPSA) is 68.0 Å². The SMILES string of the molecule is O=C(O)c1c(-n2cnc(C(F)F)n2)ccc(Cl)c1F. The predicted octanol–water partition coefficient (Wildman–Crippen LogP) is 2.70. The Morgan fingerprint density at radius 1 is 1.42 bits per heavy atom. The fraction of sp³-hybridized carbons (Fsp3) is 0.100. The van der Waals surface area contributed by atoms with Gasteiger partial charge in [0.05, 0.1) is 10.7 Å². The van der Waals surface area contributed by atoms with Gasteiger partial charge in [0.15, 0.2) is 5.82 Å². The summed E-state index contributed by atoms with van der Waals surface area (Å²) in [6.45, 7) is 0. The lowest BCUT2D eigenvalue weighted by atomic mass is 10.1. The van der Waals surface area contributed by atoms with Crippen molar-refractivity contribution in [1.29, 1.82) is 0 Å². The van der Waals surface area contributed by atoms with Crippen LogP contribution in [-0.2, 0) is 0 Å². The van der Waals surface area contributed by atoms with E-state index in [-0.39, 0.29) is 5.69 Å². The summed E-state index contributed by atoms with van der Waals surface area (Å²) >= 11 is 5.47. The van der Waals surface area contributed by atoms with Crippen LogP contribution in [0.2, 0.25) is 5.02 Å². The highest BCUT2D eigenvalue weighted by Crippen LogP contribution is 2.25. The van der Waals surface area contributed by atoms with Crippen LogP contribution >= 0.6 is 11.6 Å². The molecule has 0 saturated heterocycles. The quantitative estimate of drug-likeness (QED) is 0.944. The zero-order valence-electron chi connectivity index (χ0n) is 9.02. The van der Waals surface area contributed by atoms with Gasteiger partial charge in [-0.05, 0) is 12.1 Å². The van der Waals surface area contributed by atoms with Gasteiger partial charge in [-0.2, -0.15) is 0 Å². The molecule has 0 radical (unpaired) electrons. The summed E-state index contributed by atoms with van der Waals surface area (Å²) in [7, 11) is 0. The molecule has 0 amide bonds. The van der Waals surface area contributed by atoms with Crippen molar-refractivity contribution in [2.75, 3.05) is 0 Å². The number of rotatable bonds is 3. The molecule has 1 N–H and O–H groups in total. The normalized spacial score (nSPS) is 11.0. The molecule has 1 aromatic carbocycles. The van der Waals surface area contributed by atoms with Gasteiger partial charge in [-0.15, -0.1) is 5.10 Å². The van der Waals surface area contributed by atoms with E-state index in [4.69, 9.17) is 16.7 Å². The third kappa shape index (κ3) is 2.39. The summed E-state index contributed by atoms with van der Waals surface area (Å²) in [6, 6.07) is 2.25. The van der Waals surface area contributed by atoms with Crippen LogP contribution in [0.25, 0.3) is 5.69 Å². The smallest absolute Gasteiger partial charge is 0.340 e. The van der Waals surface area contributed by atoms with Crippen molar-refractivity contribution in [2.24, 2.45) is 0 Å². The Kier molecular flexibility index (Phi) is 3.43. The molecule has 0 bridgehead atoms. The summed E-state index contributed by atoms with van der Waals surface area (Å²) in [5, 5.41) is 11.9. The van der Waals surface area contributed by atoms with E-state index in [9.17, 15) is 18.0 Å². The second kappa shape index (κ2) is 4.88. The summed E-state index contributed by atoms with van der Waals surface area (Å²) < 4.78 is 39.1. The molecule has 0 aliphatic carbocycles. The van der Waals surface area contributed by atoms with Gasteiger partial charge in [-0.25, -0.2) is 27.6 Å². The van der Waals surface area contributed by atoms with E-state index in [0.717, 1.165) is 23.1 Å². The third-order valence-electron chi connectivity index (χ3n) is 2.24. The number of halogens is 4. The zero-order chi connectivity index (χ0) is 14.2. The molecule has 1 heterocycles. The molecular weight excluding hydrogens is 287 g/mol. The Morgan fingerprint density at radius 3 is 2.63 bits per heavy atom. The molecule has 0 fully saturated rings. The number of aromatic carboxylic acids is 1. The molecule has 2 rings (SSSR count). The van der Waals surface area contributed by atoms with Crippen molar-refractivity contribution in [3.05, 3.63) is 40.7 Å². The minimum absolute atomic E-state index is 0.242. The molecule has 0 aliphatic heterocycles. The van der Waals surface area contributed by atoms with Crippen molar-refractivity contribution in [1.82, 2.24) is 14.8 Å². The maximum absolute atomic E-state index is 13.6. The van der Waals surface area contributed by atoms with Gasteiger partial charge < -0.3 is 5.11 Å². The lowest BCUT2D eigenvalue weighted by Gasteiger charge is -2.07. The Balaban J connectivity index is 2.61. The summed E-state index contributed by atoms with van der Waals surface area (Å²) in [4.78, 5) is 14.3. The van der Waals surface area contributed by atoms with Gasteiger partial charge >= 0.3 is 5.97 Å². The number of carbonyl (C=O) groups is 1. The number of aromatic nitrogens is 3. The molecule has 9 heteroatoms. The molecule has 0 spiro atoms. The molecule has 2 aromatic rings. The Hall–Kier alpha value is -2.09. The molecule has 0 atom stereocenters. The molecule has 19 heavy (non-hydrogen) atoms. The lowest BCUT2D eigenvalue weighted by Crippen LogP contribution is -2.09. The first kappa shape index (κ1) is 13.3. The van der Waals surface area contributed by atoms with Gasteiger partial charge in [0.2, 0.25) is 5.82 Å². The van der Waals surface area contributed by atoms with Crippen LogP contribution in [0.4, 0.5) is 13.2 Å². The van der Waals surface area contributed by atoms with Crippen LogP contribution in [0.15, 0.2) is 18.5 Å². The van der Waals surface area contributed by atoms with Crippen LogP contribution in [0.5, 0.6) is 0 Å². The average Bonchev–Trinajstić information content (AvgIpc) is 2.81. The van der Waals surface area contributed by atoms with Crippen LogP contribution in [0, 0.1) is 5.82 Å². The minimum atomic E-state index is -2.91. The number of carboxylic acids is 1. The standard InChI is InChI=1S/C10H5ClF3N3O2/c11-4-1-2-5(6(7(4)12)10(18)19)17-3-15-9(16-17)8(13)14/h1-3,8H,(H,18,19). The number of hydrogen-bond donors (Lipinski definition) is 1. The fourth-order valence-corrected chi connectivity index (χ4v) is 1.58. The molecule has 100 valence electrons. The lowest BCUT2D eigenvalue weighted by molar-refractivity contribution is 0.0691. The number of carboxylic acid groups (broad SMARTS) is 1. The molecule has 0 aliphatic rings. The van der Waals surface area contributed by atoms with Crippen molar-refractivity contribution in [3.8, 4) is 5.69 Å². The van der Waals surface area contributed by atoms with Crippen molar-refractivity contribution in [2.45, 2.75) is 6.43 Å².